The quantitative estimate of drug-likeness (QED) is 0.590. The molecule has 0 aliphatic carbocycles. The van der Waals surface area contributed by atoms with E-state index in [1.54, 1.807) is 30.2 Å². The van der Waals surface area contributed by atoms with Crippen LogP contribution in [0.2, 0.25) is 0 Å². The summed E-state index contributed by atoms with van der Waals surface area (Å²) >= 11 is 0. The van der Waals surface area contributed by atoms with Gasteiger partial charge in [0.05, 0.1) is 19.6 Å². The van der Waals surface area contributed by atoms with E-state index in [-0.39, 0.29) is 24.8 Å². The Morgan fingerprint density at radius 1 is 1.18 bits per heavy atom. The van der Waals surface area contributed by atoms with Gasteiger partial charge in [0.25, 0.3) is 0 Å². The number of nitrogens with zero attached hydrogens (tertiary/aromatic N) is 3. The Labute approximate surface area is 189 Å². The van der Waals surface area contributed by atoms with Gasteiger partial charge in [-0.05, 0) is 36.4 Å². The van der Waals surface area contributed by atoms with Crippen molar-refractivity contribution in [1.29, 1.82) is 0 Å². The van der Waals surface area contributed by atoms with Crippen molar-refractivity contribution in [3.8, 4) is 28.6 Å². The number of hydrogen-bond acceptors (Lipinski definition) is 7. The molecule has 3 aromatic rings. The van der Waals surface area contributed by atoms with Crippen molar-refractivity contribution in [2.75, 3.05) is 31.8 Å². The van der Waals surface area contributed by atoms with Crippen LogP contribution in [0.15, 0.2) is 42.5 Å². The van der Waals surface area contributed by atoms with E-state index in [1.165, 1.54) is 0 Å². The van der Waals surface area contributed by atoms with Crippen LogP contribution < -0.4 is 24.4 Å². The molecule has 170 valence electrons. The lowest BCUT2D eigenvalue weighted by atomic mass is 10.1. The predicted octanol–water partition coefficient (Wildman–Crippen LogP) is 1.92. The highest BCUT2D eigenvalue weighted by molar-refractivity contribution is 6.00. The molecule has 0 saturated carbocycles. The van der Waals surface area contributed by atoms with Crippen LogP contribution in [0.25, 0.3) is 11.4 Å². The van der Waals surface area contributed by atoms with Crippen LogP contribution in [-0.2, 0) is 16.1 Å². The summed E-state index contributed by atoms with van der Waals surface area (Å²) in [5, 5.41) is 9.89. The fraction of sp³-hybridized carbons (Fsp3) is 0.304. The highest BCUT2D eigenvalue weighted by atomic mass is 16.6. The third-order valence-corrected chi connectivity index (χ3v) is 5.64. The number of rotatable bonds is 6. The molecule has 3 heterocycles. The molecule has 1 atom stereocenters. The maximum absolute atomic E-state index is 12.7. The van der Waals surface area contributed by atoms with Gasteiger partial charge in [-0.1, -0.05) is 0 Å². The van der Waals surface area contributed by atoms with E-state index in [9.17, 15) is 9.59 Å². The second-order valence-corrected chi connectivity index (χ2v) is 7.79. The lowest BCUT2D eigenvalue weighted by molar-refractivity contribution is -0.126. The topological polar surface area (TPSA) is 119 Å². The third kappa shape index (κ3) is 4.32. The third-order valence-electron chi connectivity index (χ3n) is 5.64. The molecule has 33 heavy (non-hydrogen) atoms. The zero-order valence-electron chi connectivity index (χ0n) is 18.0. The van der Waals surface area contributed by atoms with E-state index < -0.39 is 5.92 Å². The number of aromatic amines is 1. The molecule has 1 aromatic heterocycles. The number of fused-ring (bicyclic) bond motifs is 1. The average molecular weight is 449 g/mol. The van der Waals surface area contributed by atoms with Gasteiger partial charge < -0.3 is 24.4 Å². The van der Waals surface area contributed by atoms with Crippen molar-refractivity contribution >= 4 is 17.5 Å². The first-order valence-corrected chi connectivity index (χ1v) is 10.6. The Kier molecular flexibility index (Phi) is 5.55. The minimum absolute atomic E-state index is 0.103. The molecule has 1 saturated heterocycles. The van der Waals surface area contributed by atoms with E-state index in [4.69, 9.17) is 14.2 Å². The minimum atomic E-state index is -0.449. The van der Waals surface area contributed by atoms with E-state index in [0.717, 1.165) is 11.3 Å². The number of anilines is 1. The summed E-state index contributed by atoms with van der Waals surface area (Å²) in [6.45, 7) is 1.47. The van der Waals surface area contributed by atoms with Crippen LogP contribution in [0, 0.1) is 5.92 Å². The minimum Gasteiger partial charge on any atom is -0.497 e. The zero-order chi connectivity index (χ0) is 22.8. The highest BCUT2D eigenvalue weighted by Crippen LogP contribution is 2.36. The van der Waals surface area contributed by atoms with Gasteiger partial charge >= 0.3 is 0 Å². The standard InChI is InChI=1S/C23H23N5O5/c1-31-17-5-2-14(3-6-17)22-25-20(26-27-22)12-24-23(30)15-10-21(29)28(13-15)16-4-7-18-19(11-16)33-9-8-32-18/h2-7,11,15H,8-10,12-13H2,1H3,(H,24,30)(H,25,26,27). The monoisotopic (exact) mass is 449 g/mol. The van der Waals surface area contributed by atoms with Gasteiger partial charge in [0.15, 0.2) is 17.3 Å². The molecule has 1 fully saturated rings. The second-order valence-electron chi connectivity index (χ2n) is 7.79. The number of hydrogen-bond donors (Lipinski definition) is 2. The molecular formula is C23H23N5O5. The van der Waals surface area contributed by atoms with Gasteiger partial charge in [-0.2, -0.15) is 5.10 Å². The molecule has 5 rings (SSSR count). The summed E-state index contributed by atoms with van der Waals surface area (Å²) in [5.41, 5.74) is 1.53. The zero-order valence-corrected chi connectivity index (χ0v) is 18.0. The van der Waals surface area contributed by atoms with Crippen LogP contribution in [0.5, 0.6) is 17.2 Å². The molecular weight excluding hydrogens is 426 g/mol. The Hall–Kier alpha value is -4.08. The summed E-state index contributed by atoms with van der Waals surface area (Å²) in [4.78, 5) is 31.3. The Balaban J connectivity index is 1.19. The number of amides is 2. The van der Waals surface area contributed by atoms with Gasteiger partial charge in [0.2, 0.25) is 11.8 Å². The SMILES string of the molecule is COc1ccc(-c2n[nH]c(CNC(=O)C3CC(=O)N(c4ccc5c(c4)OCCO5)C3)n2)cc1. The van der Waals surface area contributed by atoms with Crippen LogP contribution >= 0.6 is 0 Å². The predicted molar refractivity (Wildman–Crippen MR) is 118 cm³/mol. The molecule has 2 N–H and O–H groups in total. The summed E-state index contributed by atoms with van der Waals surface area (Å²) in [6.07, 6.45) is 0.147. The molecule has 2 amide bonds. The molecule has 0 bridgehead atoms. The molecule has 0 radical (unpaired) electrons. The number of benzene rings is 2. The first-order chi connectivity index (χ1) is 16.1. The van der Waals surface area contributed by atoms with Gasteiger partial charge in [-0.15, -0.1) is 0 Å². The average Bonchev–Trinajstić information content (AvgIpc) is 3.49. The maximum Gasteiger partial charge on any atom is 0.227 e. The van der Waals surface area contributed by atoms with Crippen LogP contribution in [0.4, 0.5) is 5.69 Å². The molecule has 0 spiro atoms. The van der Waals surface area contributed by atoms with Crippen LogP contribution in [-0.4, -0.2) is 53.9 Å². The first kappa shape index (κ1) is 20.8. The van der Waals surface area contributed by atoms with Crippen molar-refractivity contribution in [3.05, 3.63) is 48.3 Å². The number of H-pyrrole nitrogens is 1. The highest BCUT2D eigenvalue weighted by Gasteiger charge is 2.35. The number of carbonyl (C=O) groups excluding carboxylic acids is 2. The fourth-order valence-corrected chi connectivity index (χ4v) is 3.89. The van der Waals surface area contributed by atoms with E-state index >= 15 is 0 Å². The van der Waals surface area contributed by atoms with E-state index in [2.05, 4.69) is 20.5 Å². The van der Waals surface area contributed by atoms with Crippen molar-refractivity contribution in [2.45, 2.75) is 13.0 Å². The van der Waals surface area contributed by atoms with Crippen molar-refractivity contribution in [1.82, 2.24) is 20.5 Å². The summed E-state index contributed by atoms with van der Waals surface area (Å²) in [6, 6.07) is 12.8. The number of methoxy groups -OCH3 is 1. The fourth-order valence-electron chi connectivity index (χ4n) is 3.89. The lowest BCUT2D eigenvalue weighted by Crippen LogP contribution is -2.33. The largest absolute Gasteiger partial charge is 0.497 e. The van der Waals surface area contributed by atoms with E-state index in [0.29, 0.717) is 48.6 Å². The summed E-state index contributed by atoms with van der Waals surface area (Å²) in [7, 11) is 1.61. The first-order valence-electron chi connectivity index (χ1n) is 10.6. The molecule has 2 aliphatic heterocycles. The smallest absolute Gasteiger partial charge is 0.227 e. The molecule has 2 aromatic carbocycles. The van der Waals surface area contributed by atoms with Gasteiger partial charge in [0.1, 0.15) is 24.8 Å². The summed E-state index contributed by atoms with van der Waals surface area (Å²) < 4.78 is 16.3. The molecule has 2 aliphatic rings. The maximum atomic E-state index is 12.7. The lowest BCUT2D eigenvalue weighted by Gasteiger charge is -2.22. The second kappa shape index (κ2) is 8.81. The molecule has 10 nitrogen and oxygen atoms in total. The normalized spacial score (nSPS) is 17.2. The van der Waals surface area contributed by atoms with Crippen LogP contribution in [0.3, 0.4) is 0 Å². The number of aromatic nitrogens is 3. The molecule has 1 unspecified atom stereocenters. The van der Waals surface area contributed by atoms with Crippen molar-refractivity contribution in [3.63, 3.8) is 0 Å². The summed E-state index contributed by atoms with van der Waals surface area (Å²) in [5.74, 6) is 2.32. The van der Waals surface area contributed by atoms with Crippen molar-refractivity contribution < 1.29 is 23.8 Å². The van der Waals surface area contributed by atoms with Gasteiger partial charge in [-0.25, -0.2) is 4.98 Å². The number of carbonyl (C=O) groups is 2. The number of nitrogens with one attached hydrogen (secondary N) is 2. The van der Waals surface area contributed by atoms with Crippen LogP contribution in [0.1, 0.15) is 12.2 Å². The number of ether oxygens (including phenoxy) is 3. The Bertz CT molecular complexity index is 1180. The Morgan fingerprint density at radius 2 is 1.97 bits per heavy atom. The van der Waals surface area contributed by atoms with E-state index in [1.807, 2.05) is 24.3 Å². The van der Waals surface area contributed by atoms with Gasteiger partial charge in [-0.3, -0.25) is 14.7 Å². The Morgan fingerprint density at radius 3 is 2.76 bits per heavy atom. The molecule has 10 heteroatoms. The van der Waals surface area contributed by atoms with Crippen molar-refractivity contribution in [2.24, 2.45) is 5.92 Å². The van der Waals surface area contributed by atoms with Gasteiger partial charge in [0, 0.05) is 30.3 Å².